The first-order valence-corrected chi connectivity index (χ1v) is 7.39. The number of aliphatic hydroxyl groups is 1. The smallest absolute Gasteiger partial charge is 0.408 e. The van der Waals surface area contributed by atoms with E-state index in [4.69, 9.17) is 4.74 Å². The largest absolute Gasteiger partial charge is 0.444 e. The van der Waals surface area contributed by atoms with Crippen LogP contribution in [0.3, 0.4) is 0 Å². The minimum Gasteiger partial charge on any atom is -0.444 e. The van der Waals surface area contributed by atoms with Crippen LogP contribution in [0.5, 0.6) is 0 Å². The molecule has 0 aliphatic heterocycles. The van der Waals surface area contributed by atoms with E-state index in [1.165, 1.54) is 0 Å². The molecule has 1 atom stereocenters. The van der Waals surface area contributed by atoms with Crippen LogP contribution in [-0.2, 0) is 4.74 Å². The van der Waals surface area contributed by atoms with Gasteiger partial charge in [-0.3, -0.25) is 0 Å². The molecule has 2 N–H and O–H groups in total. The molecule has 0 aliphatic rings. The lowest BCUT2D eigenvalue weighted by Crippen LogP contribution is -2.39. The lowest BCUT2D eigenvalue weighted by molar-refractivity contribution is 0.0498. The van der Waals surface area contributed by atoms with Gasteiger partial charge >= 0.3 is 6.09 Å². The maximum Gasteiger partial charge on any atom is 0.408 e. The second kappa shape index (κ2) is 9.05. The summed E-state index contributed by atoms with van der Waals surface area (Å²) in [6.45, 7) is 5.22. The number of benzene rings is 1. The first kappa shape index (κ1) is 18.0. The standard InChI is InChI=1S/C18H25NO3/c1-18(2,3)22-17(21)19-16(14-20)13-9-5-8-12-15-10-6-4-7-11-15/h4,6-13,16,20H,5,14H2,1-3H3,(H,19,21)/b12-8+,13-9+/t16-/m1/s1. The highest BCUT2D eigenvalue weighted by Gasteiger charge is 2.17. The predicted molar refractivity (Wildman–Crippen MR) is 89.5 cm³/mol. The molecule has 0 heterocycles. The highest BCUT2D eigenvalue weighted by molar-refractivity contribution is 5.68. The zero-order chi connectivity index (χ0) is 16.4. The Bertz CT molecular complexity index is 501. The van der Waals surface area contributed by atoms with Crippen LogP contribution in [0, 0.1) is 0 Å². The summed E-state index contributed by atoms with van der Waals surface area (Å²) >= 11 is 0. The van der Waals surface area contributed by atoms with Gasteiger partial charge in [-0.1, -0.05) is 54.6 Å². The van der Waals surface area contributed by atoms with E-state index < -0.39 is 17.7 Å². The molecule has 0 fully saturated rings. The third-order valence-electron chi connectivity index (χ3n) is 2.65. The van der Waals surface area contributed by atoms with Gasteiger partial charge in [0.15, 0.2) is 0 Å². The van der Waals surface area contributed by atoms with E-state index in [1.54, 1.807) is 26.8 Å². The van der Waals surface area contributed by atoms with Gasteiger partial charge in [-0.05, 0) is 32.8 Å². The Hall–Kier alpha value is -2.07. The fraction of sp³-hybridized carbons (Fsp3) is 0.389. The van der Waals surface area contributed by atoms with E-state index in [0.29, 0.717) is 0 Å². The van der Waals surface area contributed by atoms with Crippen molar-refractivity contribution in [2.75, 3.05) is 6.61 Å². The topological polar surface area (TPSA) is 58.6 Å². The maximum absolute atomic E-state index is 11.6. The van der Waals surface area contributed by atoms with E-state index in [1.807, 2.05) is 48.6 Å². The van der Waals surface area contributed by atoms with Gasteiger partial charge < -0.3 is 15.2 Å². The van der Waals surface area contributed by atoms with Crippen LogP contribution in [-0.4, -0.2) is 29.4 Å². The number of hydrogen-bond acceptors (Lipinski definition) is 3. The molecule has 0 aliphatic carbocycles. The molecule has 0 bridgehead atoms. The average Bonchev–Trinajstić information content (AvgIpc) is 2.44. The molecule has 1 aromatic rings. The number of allylic oxidation sites excluding steroid dienone is 2. The Balaban J connectivity index is 2.39. The van der Waals surface area contributed by atoms with E-state index in [9.17, 15) is 9.90 Å². The molecule has 4 heteroatoms. The normalized spacial score (nSPS) is 13.5. The number of carbonyl (C=O) groups is 1. The van der Waals surface area contributed by atoms with Crippen molar-refractivity contribution in [1.82, 2.24) is 5.32 Å². The fourth-order valence-corrected chi connectivity index (χ4v) is 1.70. The van der Waals surface area contributed by atoms with Crippen LogP contribution in [0.25, 0.3) is 6.08 Å². The van der Waals surface area contributed by atoms with Gasteiger partial charge in [-0.25, -0.2) is 4.79 Å². The zero-order valence-electron chi connectivity index (χ0n) is 13.5. The highest BCUT2D eigenvalue weighted by atomic mass is 16.6. The molecular weight excluding hydrogens is 278 g/mol. The van der Waals surface area contributed by atoms with Crippen molar-refractivity contribution in [3.63, 3.8) is 0 Å². The van der Waals surface area contributed by atoms with Crippen LogP contribution in [0.4, 0.5) is 4.79 Å². The summed E-state index contributed by atoms with van der Waals surface area (Å²) in [6, 6.07) is 9.57. The van der Waals surface area contributed by atoms with Crippen molar-refractivity contribution in [2.45, 2.75) is 38.8 Å². The number of carbonyl (C=O) groups excluding carboxylic acids is 1. The van der Waals surface area contributed by atoms with Gasteiger partial charge in [0, 0.05) is 0 Å². The molecule has 1 rings (SSSR count). The summed E-state index contributed by atoms with van der Waals surface area (Å²) in [6.07, 6.45) is 7.90. The summed E-state index contributed by atoms with van der Waals surface area (Å²) in [5, 5.41) is 11.9. The number of hydrogen-bond donors (Lipinski definition) is 2. The molecule has 120 valence electrons. The Labute approximate surface area is 132 Å². The lowest BCUT2D eigenvalue weighted by atomic mass is 10.2. The third kappa shape index (κ3) is 8.27. The van der Waals surface area contributed by atoms with Gasteiger partial charge in [0.25, 0.3) is 0 Å². The van der Waals surface area contributed by atoms with Gasteiger partial charge in [0.05, 0.1) is 12.6 Å². The first-order valence-electron chi connectivity index (χ1n) is 7.39. The second-order valence-corrected chi connectivity index (χ2v) is 5.91. The molecule has 0 spiro atoms. The quantitative estimate of drug-likeness (QED) is 0.790. The highest BCUT2D eigenvalue weighted by Crippen LogP contribution is 2.07. The molecule has 22 heavy (non-hydrogen) atoms. The van der Waals surface area contributed by atoms with E-state index >= 15 is 0 Å². The minimum absolute atomic E-state index is 0.169. The maximum atomic E-state index is 11.6. The van der Waals surface area contributed by atoms with Crippen molar-refractivity contribution in [1.29, 1.82) is 0 Å². The second-order valence-electron chi connectivity index (χ2n) is 5.91. The van der Waals surface area contributed by atoms with Crippen LogP contribution in [0.2, 0.25) is 0 Å². The van der Waals surface area contributed by atoms with E-state index in [-0.39, 0.29) is 6.61 Å². The molecule has 4 nitrogen and oxygen atoms in total. The van der Waals surface area contributed by atoms with Gasteiger partial charge in [-0.15, -0.1) is 0 Å². The number of nitrogens with one attached hydrogen (secondary N) is 1. The predicted octanol–water partition coefficient (Wildman–Crippen LogP) is 3.53. The van der Waals surface area contributed by atoms with Crippen molar-refractivity contribution in [3.05, 3.63) is 54.1 Å². The Morgan fingerprint density at radius 3 is 2.55 bits per heavy atom. The van der Waals surface area contributed by atoms with E-state index in [0.717, 1.165) is 12.0 Å². The molecule has 1 amide bonds. The number of aliphatic hydroxyl groups excluding tert-OH is 1. The monoisotopic (exact) mass is 303 g/mol. The zero-order valence-corrected chi connectivity index (χ0v) is 13.5. The summed E-state index contributed by atoms with van der Waals surface area (Å²) in [5.74, 6) is 0. The van der Waals surface area contributed by atoms with Crippen LogP contribution in [0.15, 0.2) is 48.6 Å². The molecule has 0 saturated heterocycles. The molecule has 0 unspecified atom stereocenters. The van der Waals surface area contributed by atoms with Crippen molar-refractivity contribution >= 4 is 12.2 Å². The van der Waals surface area contributed by atoms with E-state index in [2.05, 4.69) is 5.32 Å². The molecule has 1 aromatic carbocycles. The number of ether oxygens (including phenoxy) is 1. The fourth-order valence-electron chi connectivity index (χ4n) is 1.70. The summed E-state index contributed by atoms with van der Waals surface area (Å²) in [4.78, 5) is 11.6. The van der Waals surface area contributed by atoms with Crippen molar-refractivity contribution in [3.8, 4) is 0 Å². The van der Waals surface area contributed by atoms with Gasteiger partial charge in [0.1, 0.15) is 5.60 Å². The number of amides is 1. The molecule has 0 radical (unpaired) electrons. The first-order chi connectivity index (χ1) is 10.4. The summed E-state index contributed by atoms with van der Waals surface area (Å²) < 4.78 is 5.15. The Morgan fingerprint density at radius 1 is 1.27 bits per heavy atom. The molecular formula is C18H25NO3. The lowest BCUT2D eigenvalue weighted by Gasteiger charge is -2.21. The third-order valence-corrected chi connectivity index (χ3v) is 2.65. The molecule has 0 saturated carbocycles. The Morgan fingerprint density at radius 2 is 1.95 bits per heavy atom. The van der Waals surface area contributed by atoms with Crippen LogP contribution < -0.4 is 5.32 Å². The SMILES string of the molecule is CC(C)(C)OC(=O)N[C@H](/C=C/C/C=C/c1ccccc1)CO. The number of rotatable bonds is 6. The molecule has 0 aromatic heterocycles. The minimum atomic E-state index is -0.549. The van der Waals surface area contributed by atoms with Crippen LogP contribution in [0.1, 0.15) is 32.8 Å². The summed E-state index contributed by atoms with van der Waals surface area (Å²) in [7, 11) is 0. The van der Waals surface area contributed by atoms with Crippen LogP contribution >= 0.6 is 0 Å². The number of alkyl carbamates (subject to hydrolysis) is 1. The van der Waals surface area contributed by atoms with Crippen molar-refractivity contribution < 1.29 is 14.6 Å². The Kier molecular flexibility index (Phi) is 7.40. The van der Waals surface area contributed by atoms with Gasteiger partial charge in [0.2, 0.25) is 0 Å². The van der Waals surface area contributed by atoms with Crippen molar-refractivity contribution in [2.24, 2.45) is 0 Å². The summed E-state index contributed by atoms with van der Waals surface area (Å²) in [5.41, 5.74) is 0.591. The average molecular weight is 303 g/mol. The van der Waals surface area contributed by atoms with Gasteiger partial charge in [-0.2, -0.15) is 0 Å².